The molecule has 1 unspecified atom stereocenters. The summed E-state index contributed by atoms with van der Waals surface area (Å²) in [6.45, 7) is 4.04. The molecule has 0 fully saturated rings. The van der Waals surface area contributed by atoms with Crippen LogP contribution in [0.1, 0.15) is 37.9 Å². The van der Waals surface area contributed by atoms with Crippen LogP contribution in [0, 0.1) is 0 Å². The fraction of sp³-hybridized carbons (Fsp3) is 0.583. The summed E-state index contributed by atoms with van der Waals surface area (Å²) >= 11 is 1.65. The van der Waals surface area contributed by atoms with E-state index in [0.29, 0.717) is 0 Å². The maximum Gasteiger partial charge on any atom is 0.0876 e. The predicted octanol–water partition coefficient (Wildman–Crippen LogP) is 2.88. The van der Waals surface area contributed by atoms with Crippen LogP contribution in [0.3, 0.4) is 0 Å². The minimum atomic E-state index is 0.242. The minimum Gasteiger partial charge on any atom is -0.501 e. The van der Waals surface area contributed by atoms with Gasteiger partial charge in [0.05, 0.1) is 30.1 Å². The molecular weight excluding hydrogens is 220 g/mol. The Morgan fingerprint density at radius 1 is 1.62 bits per heavy atom. The van der Waals surface area contributed by atoms with E-state index in [1.807, 2.05) is 11.8 Å². The molecule has 1 aromatic heterocycles. The Kier molecular flexibility index (Phi) is 4.36. The number of aromatic nitrogens is 1. The quantitative estimate of drug-likeness (QED) is 0.856. The molecule has 2 heterocycles. The van der Waals surface area contributed by atoms with E-state index in [4.69, 9.17) is 4.74 Å². The van der Waals surface area contributed by atoms with E-state index in [1.54, 1.807) is 11.3 Å². The van der Waals surface area contributed by atoms with E-state index in [-0.39, 0.29) is 6.04 Å². The molecule has 1 aromatic rings. The lowest BCUT2D eigenvalue weighted by molar-refractivity contribution is 0.219. The van der Waals surface area contributed by atoms with Crippen molar-refractivity contribution in [1.29, 1.82) is 0 Å². The number of nitrogens with one attached hydrogen (secondary N) is 1. The maximum absolute atomic E-state index is 5.41. The topological polar surface area (TPSA) is 34.1 Å². The Hall–Kier alpha value is -0.870. The molecule has 0 aromatic carbocycles. The van der Waals surface area contributed by atoms with Crippen molar-refractivity contribution < 1.29 is 4.74 Å². The van der Waals surface area contributed by atoms with Gasteiger partial charge in [-0.25, -0.2) is 4.98 Å². The molecule has 88 valence electrons. The van der Waals surface area contributed by atoms with Gasteiger partial charge in [-0.1, -0.05) is 6.92 Å². The summed E-state index contributed by atoms with van der Waals surface area (Å²) in [6.07, 6.45) is 5.27. The van der Waals surface area contributed by atoms with E-state index in [2.05, 4.69) is 22.6 Å². The summed E-state index contributed by atoms with van der Waals surface area (Å²) < 4.78 is 5.41. The molecule has 1 aliphatic rings. The van der Waals surface area contributed by atoms with E-state index >= 15 is 0 Å². The van der Waals surface area contributed by atoms with Gasteiger partial charge >= 0.3 is 0 Å². The summed E-state index contributed by atoms with van der Waals surface area (Å²) in [4.78, 5) is 4.40. The van der Waals surface area contributed by atoms with Crippen LogP contribution in [-0.4, -0.2) is 18.1 Å². The van der Waals surface area contributed by atoms with Gasteiger partial charge in [0.1, 0.15) is 0 Å². The highest BCUT2D eigenvalue weighted by molar-refractivity contribution is 7.07. The molecule has 0 saturated heterocycles. The molecule has 0 saturated carbocycles. The predicted molar refractivity (Wildman–Crippen MR) is 66.4 cm³/mol. The number of hydrogen-bond acceptors (Lipinski definition) is 4. The Labute approximate surface area is 101 Å². The molecule has 3 nitrogen and oxygen atoms in total. The van der Waals surface area contributed by atoms with Gasteiger partial charge in [0.2, 0.25) is 0 Å². The number of nitrogens with zero attached hydrogens (tertiary/aromatic N) is 1. The van der Waals surface area contributed by atoms with Crippen molar-refractivity contribution in [3.8, 4) is 0 Å². The average molecular weight is 238 g/mol. The zero-order valence-corrected chi connectivity index (χ0v) is 10.4. The lowest BCUT2D eigenvalue weighted by Gasteiger charge is -2.22. The lowest BCUT2D eigenvalue weighted by atomic mass is 10.00. The van der Waals surface area contributed by atoms with Gasteiger partial charge < -0.3 is 10.1 Å². The van der Waals surface area contributed by atoms with Gasteiger partial charge in [-0.3, -0.25) is 0 Å². The second-order valence-corrected chi connectivity index (χ2v) is 4.69. The van der Waals surface area contributed by atoms with Crippen LogP contribution >= 0.6 is 11.3 Å². The van der Waals surface area contributed by atoms with Crippen LogP contribution in [0.15, 0.2) is 22.7 Å². The second kappa shape index (κ2) is 6.01. The monoisotopic (exact) mass is 238 g/mol. The first-order valence-corrected chi connectivity index (χ1v) is 6.78. The fourth-order valence-electron chi connectivity index (χ4n) is 1.88. The van der Waals surface area contributed by atoms with Crippen molar-refractivity contribution >= 4 is 11.3 Å². The Morgan fingerprint density at radius 2 is 2.56 bits per heavy atom. The van der Waals surface area contributed by atoms with Crippen LogP contribution < -0.4 is 5.32 Å². The van der Waals surface area contributed by atoms with Crippen LogP contribution in [0.25, 0.3) is 0 Å². The summed E-state index contributed by atoms with van der Waals surface area (Å²) in [5.41, 5.74) is 4.33. The highest BCUT2D eigenvalue weighted by Gasteiger charge is 2.19. The molecule has 2 rings (SSSR count). The molecule has 16 heavy (non-hydrogen) atoms. The third-order valence-corrected chi connectivity index (χ3v) is 3.28. The van der Waals surface area contributed by atoms with Gasteiger partial charge in [0.15, 0.2) is 0 Å². The summed E-state index contributed by atoms with van der Waals surface area (Å²) in [6, 6.07) is 0.242. The third-order valence-electron chi connectivity index (χ3n) is 2.68. The van der Waals surface area contributed by atoms with Crippen molar-refractivity contribution in [2.45, 2.75) is 32.2 Å². The van der Waals surface area contributed by atoms with E-state index in [1.165, 1.54) is 5.57 Å². The van der Waals surface area contributed by atoms with Crippen molar-refractivity contribution in [2.75, 3.05) is 13.2 Å². The zero-order chi connectivity index (χ0) is 11.2. The van der Waals surface area contributed by atoms with Gasteiger partial charge in [-0.05, 0) is 31.4 Å². The van der Waals surface area contributed by atoms with Crippen molar-refractivity contribution in [2.24, 2.45) is 0 Å². The molecule has 0 bridgehead atoms. The zero-order valence-electron chi connectivity index (χ0n) is 9.61. The molecule has 1 N–H and O–H groups in total. The SMILES string of the molecule is CCCNC(C1=COCCC1)c1cscn1. The minimum absolute atomic E-state index is 0.242. The Balaban J connectivity index is 2.10. The molecule has 0 aliphatic carbocycles. The van der Waals surface area contributed by atoms with Crippen molar-refractivity contribution in [3.05, 3.63) is 28.4 Å². The van der Waals surface area contributed by atoms with Crippen molar-refractivity contribution in [3.63, 3.8) is 0 Å². The molecular formula is C12H18N2OS. The lowest BCUT2D eigenvalue weighted by Crippen LogP contribution is -2.25. The summed E-state index contributed by atoms with van der Waals surface area (Å²) in [7, 11) is 0. The highest BCUT2D eigenvalue weighted by atomic mass is 32.1. The van der Waals surface area contributed by atoms with Gasteiger partial charge in [0, 0.05) is 5.38 Å². The number of rotatable bonds is 5. The van der Waals surface area contributed by atoms with E-state index in [9.17, 15) is 0 Å². The Morgan fingerprint density at radius 3 is 3.19 bits per heavy atom. The second-order valence-electron chi connectivity index (χ2n) is 3.97. The van der Waals surface area contributed by atoms with Gasteiger partial charge in [-0.2, -0.15) is 0 Å². The molecule has 0 radical (unpaired) electrons. The average Bonchev–Trinajstić information content (AvgIpc) is 2.85. The number of thiazole rings is 1. The fourth-order valence-corrected chi connectivity index (χ4v) is 2.46. The van der Waals surface area contributed by atoms with E-state index in [0.717, 1.165) is 38.1 Å². The van der Waals surface area contributed by atoms with E-state index < -0.39 is 0 Å². The summed E-state index contributed by atoms with van der Waals surface area (Å²) in [5.74, 6) is 0. The normalized spacial score (nSPS) is 17.7. The van der Waals surface area contributed by atoms with Gasteiger partial charge in [0.25, 0.3) is 0 Å². The first-order chi connectivity index (χ1) is 7.92. The largest absolute Gasteiger partial charge is 0.501 e. The highest BCUT2D eigenvalue weighted by Crippen LogP contribution is 2.27. The van der Waals surface area contributed by atoms with Crippen LogP contribution in [0.2, 0.25) is 0 Å². The van der Waals surface area contributed by atoms with Gasteiger partial charge in [-0.15, -0.1) is 11.3 Å². The number of ether oxygens (including phenoxy) is 1. The maximum atomic E-state index is 5.41. The molecule has 0 amide bonds. The first kappa shape index (κ1) is 11.6. The standard InChI is InChI=1S/C12H18N2OS/c1-2-5-13-12(11-8-16-9-14-11)10-4-3-6-15-7-10/h7-9,12-13H,2-6H2,1H3. The molecule has 1 aliphatic heterocycles. The number of hydrogen-bond donors (Lipinski definition) is 1. The van der Waals surface area contributed by atoms with Crippen LogP contribution in [-0.2, 0) is 4.74 Å². The van der Waals surface area contributed by atoms with Crippen LogP contribution in [0.5, 0.6) is 0 Å². The third kappa shape index (κ3) is 2.83. The molecule has 1 atom stereocenters. The molecule has 4 heteroatoms. The van der Waals surface area contributed by atoms with Crippen LogP contribution in [0.4, 0.5) is 0 Å². The van der Waals surface area contributed by atoms with Crippen molar-refractivity contribution in [1.82, 2.24) is 10.3 Å². The first-order valence-electron chi connectivity index (χ1n) is 5.84. The smallest absolute Gasteiger partial charge is 0.0876 e. The summed E-state index contributed by atoms with van der Waals surface area (Å²) in [5, 5.41) is 5.65. The molecule has 0 spiro atoms. The Bertz CT molecular complexity index is 335.